The third-order valence-corrected chi connectivity index (χ3v) is 5.14. The first kappa shape index (κ1) is 22.7. The molecule has 0 spiro atoms. The Morgan fingerprint density at radius 2 is 2.00 bits per heavy atom. The topological polar surface area (TPSA) is 127 Å². The fraction of sp³-hybridized carbons (Fsp3) is 0.278. The number of ether oxygens (including phenoxy) is 1. The van der Waals surface area contributed by atoms with E-state index >= 15 is 0 Å². The first-order valence-electron chi connectivity index (χ1n) is 9.33. The summed E-state index contributed by atoms with van der Waals surface area (Å²) in [6, 6.07) is 1.13. The van der Waals surface area contributed by atoms with Crippen molar-refractivity contribution < 1.29 is 18.4 Å². The molecule has 0 fully saturated rings. The third kappa shape index (κ3) is 4.41. The van der Waals surface area contributed by atoms with Gasteiger partial charge in [0.25, 0.3) is 0 Å². The standard InChI is InChI=1S/C18H14Cl2F2N8O3/c1-8-13(3-10(21)4-23-8)29-9(2)14(30(31)32)17(27-29)33-7-11(22)6-28-16-12(15(19)26-28)5-24-18(20)25-16/h3-5,11H,6-7H2,1-2H3/t11-/m0/s1. The van der Waals surface area contributed by atoms with Gasteiger partial charge in [0.1, 0.15) is 18.1 Å². The lowest BCUT2D eigenvalue weighted by molar-refractivity contribution is -0.386. The van der Waals surface area contributed by atoms with Gasteiger partial charge in [0.2, 0.25) is 5.28 Å². The van der Waals surface area contributed by atoms with Crippen LogP contribution in [0, 0.1) is 29.8 Å². The number of hydrogen-bond acceptors (Lipinski definition) is 8. The van der Waals surface area contributed by atoms with E-state index < -0.39 is 35.1 Å². The quantitative estimate of drug-likeness (QED) is 0.214. The number of nitrogens with zero attached hydrogens (tertiary/aromatic N) is 8. The maximum atomic E-state index is 14.7. The van der Waals surface area contributed by atoms with E-state index in [1.807, 2.05) is 0 Å². The number of halogens is 4. The normalized spacial score (nSPS) is 12.3. The molecule has 0 radical (unpaired) electrons. The molecule has 33 heavy (non-hydrogen) atoms. The van der Waals surface area contributed by atoms with Crippen molar-refractivity contribution in [2.75, 3.05) is 6.61 Å². The van der Waals surface area contributed by atoms with Gasteiger partial charge in [-0.15, -0.1) is 5.10 Å². The largest absolute Gasteiger partial charge is 0.469 e. The first-order valence-corrected chi connectivity index (χ1v) is 10.1. The van der Waals surface area contributed by atoms with E-state index in [1.165, 1.54) is 17.8 Å². The molecule has 11 nitrogen and oxygen atoms in total. The zero-order valence-electron chi connectivity index (χ0n) is 17.0. The van der Waals surface area contributed by atoms with Crippen LogP contribution in [-0.2, 0) is 6.54 Å². The molecule has 0 aliphatic rings. The molecule has 0 aliphatic heterocycles. The fourth-order valence-corrected chi connectivity index (χ4v) is 3.51. The molecule has 0 saturated heterocycles. The van der Waals surface area contributed by atoms with E-state index in [4.69, 9.17) is 27.9 Å². The van der Waals surface area contributed by atoms with Crippen LogP contribution in [0.2, 0.25) is 10.4 Å². The lowest BCUT2D eigenvalue weighted by Crippen LogP contribution is -2.21. The Morgan fingerprint density at radius 3 is 2.73 bits per heavy atom. The van der Waals surface area contributed by atoms with Gasteiger partial charge >= 0.3 is 11.6 Å². The molecular formula is C18H14Cl2F2N8O3. The maximum Gasteiger partial charge on any atom is 0.353 e. The second kappa shape index (κ2) is 8.83. The van der Waals surface area contributed by atoms with E-state index in [0.29, 0.717) is 11.1 Å². The Kier molecular flexibility index (Phi) is 6.08. The highest BCUT2D eigenvalue weighted by Gasteiger charge is 2.29. The van der Waals surface area contributed by atoms with Gasteiger partial charge in [0.15, 0.2) is 17.0 Å². The average Bonchev–Trinajstić information content (AvgIpc) is 3.24. The minimum Gasteiger partial charge on any atom is -0.469 e. The maximum absolute atomic E-state index is 14.7. The minimum atomic E-state index is -1.67. The number of hydrogen-bond donors (Lipinski definition) is 0. The molecule has 0 N–H and O–H groups in total. The Hall–Kier alpha value is -3.45. The molecule has 4 aromatic rings. The van der Waals surface area contributed by atoms with Gasteiger partial charge in [-0.05, 0) is 25.4 Å². The second-order valence-corrected chi connectivity index (χ2v) is 7.62. The summed E-state index contributed by atoms with van der Waals surface area (Å²) in [5, 5.41) is 20.0. The van der Waals surface area contributed by atoms with Crippen molar-refractivity contribution >= 4 is 39.9 Å². The Morgan fingerprint density at radius 1 is 1.24 bits per heavy atom. The summed E-state index contributed by atoms with van der Waals surface area (Å²) in [6.07, 6.45) is 0.712. The summed E-state index contributed by atoms with van der Waals surface area (Å²) in [4.78, 5) is 22.6. The summed E-state index contributed by atoms with van der Waals surface area (Å²) in [5.74, 6) is -1.06. The van der Waals surface area contributed by atoms with Gasteiger partial charge in [0.05, 0.1) is 34.4 Å². The number of nitro groups is 1. The highest BCUT2D eigenvalue weighted by Crippen LogP contribution is 2.32. The fourth-order valence-electron chi connectivity index (χ4n) is 3.16. The van der Waals surface area contributed by atoms with Crippen molar-refractivity contribution in [1.82, 2.24) is 34.5 Å². The van der Waals surface area contributed by atoms with Gasteiger partial charge in [-0.3, -0.25) is 15.1 Å². The first-order chi connectivity index (χ1) is 15.7. The van der Waals surface area contributed by atoms with Crippen LogP contribution in [0.3, 0.4) is 0 Å². The highest BCUT2D eigenvalue weighted by atomic mass is 35.5. The summed E-state index contributed by atoms with van der Waals surface area (Å²) in [7, 11) is 0. The smallest absolute Gasteiger partial charge is 0.353 e. The van der Waals surface area contributed by atoms with Crippen LogP contribution >= 0.6 is 23.2 Å². The zero-order chi connectivity index (χ0) is 23.9. The third-order valence-electron chi connectivity index (χ3n) is 4.68. The molecule has 172 valence electrons. The van der Waals surface area contributed by atoms with Crippen molar-refractivity contribution in [1.29, 1.82) is 0 Å². The van der Waals surface area contributed by atoms with Gasteiger partial charge in [-0.1, -0.05) is 11.6 Å². The monoisotopic (exact) mass is 498 g/mol. The van der Waals surface area contributed by atoms with Crippen LogP contribution in [-0.4, -0.2) is 52.2 Å². The molecule has 0 aromatic carbocycles. The van der Waals surface area contributed by atoms with Crippen molar-refractivity contribution in [2.45, 2.75) is 26.6 Å². The lowest BCUT2D eigenvalue weighted by atomic mass is 10.3. The van der Waals surface area contributed by atoms with Crippen molar-refractivity contribution in [3.63, 3.8) is 0 Å². The van der Waals surface area contributed by atoms with Crippen LogP contribution < -0.4 is 4.74 Å². The van der Waals surface area contributed by atoms with E-state index in [-0.39, 0.29) is 34.0 Å². The minimum absolute atomic E-state index is 0.0641. The summed E-state index contributed by atoms with van der Waals surface area (Å²) in [6.45, 7) is 2.10. The Labute approximate surface area is 194 Å². The SMILES string of the molecule is Cc1ncc(F)cc1-n1nc(OC[C@@H](F)Cn2nc(Cl)c3cnc(Cl)nc32)c([N+](=O)[O-])c1C. The lowest BCUT2D eigenvalue weighted by Gasteiger charge is -2.09. The van der Waals surface area contributed by atoms with Crippen LogP contribution in [0.15, 0.2) is 18.5 Å². The van der Waals surface area contributed by atoms with Crippen molar-refractivity contribution in [3.05, 3.63) is 56.2 Å². The summed E-state index contributed by atoms with van der Waals surface area (Å²) >= 11 is 11.8. The molecule has 0 amide bonds. The number of pyridine rings is 1. The molecule has 0 aliphatic carbocycles. The predicted octanol–water partition coefficient (Wildman–Crippen LogP) is 3.80. The van der Waals surface area contributed by atoms with Crippen molar-refractivity contribution in [2.24, 2.45) is 0 Å². The van der Waals surface area contributed by atoms with E-state index in [0.717, 1.165) is 16.9 Å². The second-order valence-electron chi connectivity index (χ2n) is 6.92. The number of alkyl halides is 1. The number of aryl methyl sites for hydroxylation is 1. The van der Waals surface area contributed by atoms with Gasteiger partial charge in [0, 0.05) is 12.3 Å². The van der Waals surface area contributed by atoms with Crippen LogP contribution in [0.1, 0.15) is 11.4 Å². The predicted molar refractivity (Wildman–Crippen MR) is 113 cm³/mol. The molecule has 0 saturated carbocycles. The van der Waals surface area contributed by atoms with Gasteiger partial charge in [-0.2, -0.15) is 10.1 Å². The van der Waals surface area contributed by atoms with Gasteiger partial charge < -0.3 is 4.74 Å². The molecule has 4 aromatic heterocycles. The number of fused-ring (bicyclic) bond motifs is 1. The van der Waals surface area contributed by atoms with E-state index in [9.17, 15) is 18.9 Å². The van der Waals surface area contributed by atoms with Crippen molar-refractivity contribution in [3.8, 4) is 11.6 Å². The average molecular weight is 499 g/mol. The van der Waals surface area contributed by atoms with Crippen LogP contribution in [0.25, 0.3) is 16.7 Å². The molecule has 15 heteroatoms. The molecule has 4 heterocycles. The van der Waals surface area contributed by atoms with Gasteiger partial charge in [-0.25, -0.2) is 23.1 Å². The van der Waals surface area contributed by atoms with E-state index in [2.05, 4.69) is 25.1 Å². The Balaban J connectivity index is 1.58. The molecule has 0 unspecified atom stereocenters. The summed E-state index contributed by atoms with van der Waals surface area (Å²) < 4.78 is 36.1. The molecular weight excluding hydrogens is 485 g/mol. The van der Waals surface area contributed by atoms with Crippen LogP contribution in [0.5, 0.6) is 5.88 Å². The highest BCUT2D eigenvalue weighted by molar-refractivity contribution is 6.34. The number of aromatic nitrogens is 7. The number of rotatable bonds is 7. The van der Waals surface area contributed by atoms with E-state index in [1.54, 1.807) is 6.92 Å². The van der Waals surface area contributed by atoms with Crippen LogP contribution in [0.4, 0.5) is 14.5 Å². The molecule has 0 bridgehead atoms. The zero-order valence-corrected chi connectivity index (χ0v) is 18.5. The summed E-state index contributed by atoms with van der Waals surface area (Å²) in [5.41, 5.74) is 0.393. The Bertz CT molecular complexity index is 1380. The molecule has 4 rings (SSSR count). The molecule has 1 atom stereocenters.